The Hall–Kier alpha value is -3.53. The second-order valence-corrected chi connectivity index (χ2v) is 11.8. The number of carboxylic acids is 1. The van der Waals surface area contributed by atoms with Gasteiger partial charge in [0.1, 0.15) is 5.75 Å². The van der Waals surface area contributed by atoms with Crippen LogP contribution in [0.3, 0.4) is 0 Å². The molecule has 3 aromatic rings. The van der Waals surface area contributed by atoms with Gasteiger partial charge in [-0.1, -0.05) is 71.4 Å². The number of hydrogen-bond acceptors (Lipinski definition) is 3. The lowest BCUT2D eigenvalue weighted by atomic mass is 9.62. The van der Waals surface area contributed by atoms with Crippen LogP contribution >= 0.6 is 0 Å². The highest BCUT2D eigenvalue weighted by Gasteiger charge is 2.37. The summed E-state index contributed by atoms with van der Waals surface area (Å²) in [4.78, 5) is 11.1. The number of aryl methyl sites for hydroxylation is 1. The van der Waals surface area contributed by atoms with E-state index in [4.69, 9.17) is 15.9 Å². The number of unbranched alkanes of at least 4 members (excludes halogenated alkanes) is 1. The minimum Gasteiger partial charge on any atom is -0.508 e. The van der Waals surface area contributed by atoms with Crippen LogP contribution in [0.2, 0.25) is 0 Å². The Morgan fingerprint density at radius 3 is 1.97 bits per heavy atom. The molecule has 0 aliphatic heterocycles. The van der Waals surface area contributed by atoms with E-state index in [1.165, 1.54) is 53.5 Å². The third kappa shape index (κ3) is 7.06. The fourth-order valence-corrected chi connectivity index (χ4v) is 5.12. The number of aromatic carboxylic acids is 1. The van der Waals surface area contributed by atoms with Crippen molar-refractivity contribution in [1.82, 2.24) is 0 Å². The normalized spacial score (nSPS) is 15.7. The molecule has 38 heavy (non-hydrogen) atoms. The molecule has 4 heteroatoms. The smallest absolute Gasteiger partial charge is 0.335 e. The molecule has 0 saturated carbocycles. The van der Waals surface area contributed by atoms with Gasteiger partial charge in [0.25, 0.3) is 0 Å². The molecule has 0 amide bonds. The van der Waals surface area contributed by atoms with E-state index in [1.807, 2.05) is 12.1 Å². The van der Waals surface area contributed by atoms with Gasteiger partial charge in [0.05, 0.1) is 5.56 Å². The van der Waals surface area contributed by atoms with Gasteiger partial charge in [-0.2, -0.15) is 0 Å². The van der Waals surface area contributed by atoms with Gasteiger partial charge in [-0.3, -0.25) is 0 Å². The second kappa shape index (κ2) is 11.9. The van der Waals surface area contributed by atoms with Gasteiger partial charge in [0, 0.05) is 5.69 Å². The van der Waals surface area contributed by atoms with Gasteiger partial charge in [-0.25, -0.2) is 4.79 Å². The third-order valence-corrected chi connectivity index (χ3v) is 7.74. The maximum absolute atomic E-state index is 11.1. The molecule has 0 heterocycles. The van der Waals surface area contributed by atoms with Crippen molar-refractivity contribution >= 4 is 23.3 Å². The minimum atomic E-state index is -0.886. The monoisotopic (exact) mass is 513 g/mol. The van der Waals surface area contributed by atoms with Crippen molar-refractivity contribution in [3.05, 3.63) is 94.0 Å². The van der Waals surface area contributed by atoms with Crippen LogP contribution in [0, 0.1) is 0 Å². The van der Waals surface area contributed by atoms with Crippen LogP contribution in [0.4, 0.5) is 5.69 Å². The molecule has 1 aliphatic carbocycles. The van der Waals surface area contributed by atoms with E-state index in [-0.39, 0.29) is 16.6 Å². The summed E-state index contributed by atoms with van der Waals surface area (Å²) in [7, 11) is 0. The lowest BCUT2D eigenvalue weighted by Crippen LogP contribution is -2.34. The second-order valence-electron chi connectivity index (χ2n) is 11.8. The third-order valence-electron chi connectivity index (χ3n) is 7.74. The maximum atomic E-state index is 11.1. The fraction of sp³-hybridized carbons (Fsp3) is 0.382. The summed E-state index contributed by atoms with van der Waals surface area (Å²) < 4.78 is 0. The zero-order valence-corrected chi connectivity index (χ0v) is 23.8. The Bertz CT molecular complexity index is 1260. The van der Waals surface area contributed by atoms with Crippen LogP contribution in [0.15, 0.2) is 60.7 Å². The SMILES string of the molecule is CCCCc1cc2c(cc1/C(C)=C/c1ccc(C(=O)O)cc1)C(C)(C)CCC2(C)C.Nc1ccc(O)cc1. The first kappa shape index (κ1) is 29.0. The van der Waals surface area contributed by atoms with Crippen LogP contribution in [0.5, 0.6) is 5.75 Å². The van der Waals surface area contributed by atoms with Gasteiger partial charge in [0.2, 0.25) is 0 Å². The number of phenols is 1. The van der Waals surface area contributed by atoms with E-state index in [0.717, 1.165) is 12.0 Å². The highest BCUT2D eigenvalue weighted by atomic mass is 16.4. The van der Waals surface area contributed by atoms with Crippen molar-refractivity contribution < 1.29 is 15.0 Å². The predicted octanol–water partition coefficient (Wildman–Crippen LogP) is 8.61. The molecule has 0 aromatic heterocycles. The molecular weight excluding hydrogens is 470 g/mol. The number of phenolic OH excluding ortho intramolecular Hbond substituents is 1. The summed E-state index contributed by atoms with van der Waals surface area (Å²) in [5.41, 5.74) is 14.8. The van der Waals surface area contributed by atoms with E-state index >= 15 is 0 Å². The van der Waals surface area contributed by atoms with Gasteiger partial charge < -0.3 is 15.9 Å². The number of nitrogens with two attached hydrogens (primary N) is 1. The highest BCUT2D eigenvalue weighted by molar-refractivity contribution is 5.88. The average Bonchev–Trinajstić information content (AvgIpc) is 2.87. The van der Waals surface area contributed by atoms with Gasteiger partial charge >= 0.3 is 5.97 Å². The molecule has 4 rings (SSSR count). The summed E-state index contributed by atoms with van der Waals surface area (Å²) in [5.74, 6) is -0.636. The first-order valence-corrected chi connectivity index (χ1v) is 13.6. The summed E-state index contributed by atoms with van der Waals surface area (Å²) in [5, 5.41) is 17.8. The fourth-order valence-electron chi connectivity index (χ4n) is 5.12. The van der Waals surface area contributed by atoms with E-state index in [2.05, 4.69) is 59.8 Å². The molecule has 0 saturated heterocycles. The summed E-state index contributed by atoms with van der Waals surface area (Å²) in [6.45, 7) is 14.0. The average molecular weight is 514 g/mol. The first-order valence-electron chi connectivity index (χ1n) is 13.6. The highest BCUT2D eigenvalue weighted by Crippen LogP contribution is 2.47. The predicted molar refractivity (Wildman–Crippen MR) is 160 cm³/mol. The van der Waals surface area contributed by atoms with Crippen LogP contribution in [0.25, 0.3) is 11.6 Å². The standard InChI is InChI=1S/C28H36O2.C6H7NO/c1-7-8-9-22-17-24-25(28(5,6)15-14-27(24,3)4)18-23(22)19(2)16-20-10-12-21(13-11-20)26(29)30;7-5-1-3-6(8)4-2-5/h10-13,16-18H,7-9,14-15H2,1-6H3,(H,29,30);1-4,8H,7H2/b19-16+;. The molecule has 0 spiro atoms. The largest absolute Gasteiger partial charge is 0.508 e. The minimum absolute atomic E-state index is 0.187. The molecule has 3 aromatic carbocycles. The molecule has 0 fully saturated rings. The zero-order chi connectivity index (χ0) is 28.1. The quantitative estimate of drug-likeness (QED) is 0.175. The summed E-state index contributed by atoms with van der Waals surface area (Å²) >= 11 is 0. The molecule has 0 atom stereocenters. The number of aromatic hydroxyl groups is 1. The Morgan fingerprint density at radius 2 is 1.47 bits per heavy atom. The maximum Gasteiger partial charge on any atom is 0.335 e. The van der Waals surface area contributed by atoms with Crippen LogP contribution in [-0.4, -0.2) is 16.2 Å². The van der Waals surface area contributed by atoms with Gasteiger partial charge in [0.15, 0.2) is 0 Å². The topological polar surface area (TPSA) is 83.5 Å². The van der Waals surface area contributed by atoms with E-state index < -0.39 is 5.97 Å². The number of anilines is 1. The Balaban J connectivity index is 0.000000427. The van der Waals surface area contributed by atoms with Gasteiger partial charge in [-0.05, 0) is 113 Å². The molecule has 0 bridgehead atoms. The number of carbonyl (C=O) groups is 1. The van der Waals surface area contributed by atoms with Crippen molar-refractivity contribution in [2.24, 2.45) is 0 Å². The molecule has 202 valence electrons. The van der Waals surface area contributed by atoms with E-state index in [0.29, 0.717) is 11.3 Å². The Morgan fingerprint density at radius 1 is 0.921 bits per heavy atom. The zero-order valence-electron chi connectivity index (χ0n) is 23.8. The number of allylic oxidation sites excluding steroid dienone is 1. The van der Waals surface area contributed by atoms with E-state index in [9.17, 15) is 4.79 Å². The molecular formula is C34H43NO3. The Kier molecular flexibility index (Phi) is 9.09. The molecule has 4 nitrogen and oxygen atoms in total. The number of carboxylic acid groups (broad SMARTS) is 1. The van der Waals surface area contributed by atoms with Crippen molar-refractivity contribution in [3.8, 4) is 5.75 Å². The lowest BCUT2D eigenvalue weighted by Gasteiger charge is -2.42. The van der Waals surface area contributed by atoms with Crippen molar-refractivity contribution in [2.45, 2.75) is 84.5 Å². The van der Waals surface area contributed by atoms with Crippen molar-refractivity contribution in [2.75, 3.05) is 5.73 Å². The van der Waals surface area contributed by atoms with Crippen LogP contribution in [-0.2, 0) is 17.3 Å². The molecule has 1 aliphatic rings. The van der Waals surface area contributed by atoms with Crippen molar-refractivity contribution in [3.63, 3.8) is 0 Å². The Labute approximate surface area is 228 Å². The van der Waals surface area contributed by atoms with Gasteiger partial charge in [-0.15, -0.1) is 0 Å². The number of fused-ring (bicyclic) bond motifs is 1. The van der Waals surface area contributed by atoms with Crippen LogP contribution in [0.1, 0.15) is 105 Å². The first-order chi connectivity index (χ1) is 17.8. The summed E-state index contributed by atoms with van der Waals surface area (Å²) in [6, 6.07) is 18.5. The number of hydrogen-bond donors (Lipinski definition) is 3. The molecule has 4 N–H and O–H groups in total. The molecule has 0 unspecified atom stereocenters. The van der Waals surface area contributed by atoms with Crippen LogP contribution < -0.4 is 5.73 Å². The number of benzene rings is 3. The number of nitrogen functional groups attached to an aromatic ring is 1. The lowest BCUT2D eigenvalue weighted by molar-refractivity contribution is 0.0697. The molecule has 0 radical (unpaired) electrons. The summed E-state index contributed by atoms with van der Waals surface area (Å²) in [6.07, 6.45) is 8.09. The van der Waals surface area contributed by atoms with Crippen molar-refractivity contribution in [1.29, 1.82) is 0 Å². The number of rotatable bonds is 6. The van der Waals surface area contributed by atoms with E-state index in [1.54, 1.807) is 36.4 Å².